The van der Waals surface area contributed by atoms with Crippen molar-refractivity contribution in [2.45, 2.75) is 51.1 Å². The maximum absolute atomic E-state index is 5.81. The van der Waals surface area contributed by atoms with E-state index in [1.54, 1.807) is 11.3 Å². The Hall–Kier alpha value is -0.280. The highest BCUT2D eigenvalue weighted by Crippen LogP contribution is 2.34. The molecule has 0 amide bonds. The number of aromatic nitrogens is 1. The first kappa shape index (κ1) is 11.2. The third kappa shape index (κ3) is 2.13. The second kappa shape index (κ2) is 4.71. The Kier molecular flexibility index (Phi) is 3.52. The van der Waals surface area contributed by atoms with Gasteiger partial charge in [0.15, 0.2) is 5.13 Å². The molecule has 1 fully saturated rings. The zero-order valence-electron chi connectivity index (χ0n) is 9.24. The van der Waals surface area contributed by atoms with E-state index in [0.717, 1.165) is 5.13 Å². The number of hydrogen-bond donors (Lipinski definition) is 0. The third-order valence-corrected chi connectivity index (χ3v) is 4.61. The third-order valence-electron chi connectivity index (χ3n) is 3.15. The van der Waals surface area contributed by atoms with Crippen LogP contribution in [0.2, 0.25) is 0 Å². The van der Waals surface area contributed by atoms with Gasteiger partial charge < -0.3 is 4.90 Å². The van der Waals surface area contributed by atoms with Gasteiger partial charge in [0.1, 0.15) is 0 Å². The molecule has 1 aromatic heterocycles. The van der Waals surface area contributed by atoms with E-state index in [0.29, 0.717) is 18.0 Å². The smallest absolute Gasteiger partial charge is 0.186 e. The van der Waals surface area contributed by atoms with E-state index in [1.807, 2.05) is 6.20 Å². The second-order valence-corrected chi connectivity index (χ2v) is 5.50. The lowest BCUT2D eigenvalue weighted by Gasteiger charge is -2.27. The van der Waals surface area contributed by atoms with Crippen LogP contribution in [0.1, 0.15) is 38.0 Å². The minimum atomic E-state index is 0.580. The van der Waals surface area contributed by atoms with Crippen molar-refractivity contribution >= 4 is 28.1 Å². The number of hydrogen-bond acceptors (Lipinski definition) is 3. The molecule has 2 unspecified atom stereocenters. The van der Waals surface area contributed by atoms with Gasteiger partial charge in [-0.3, -0.25) is 0 Å². The summed E-state index contributed by atoms with van der Waals surface area (Å²) in [6.07, 6.45) is 5.70. The Bertz CT molecular complexity index is 326. The molecule has 0 radical (unpaired) electrons. The largest absolute Gasteiger partial charge is 0.342 e. The number of halogens is 1. The van der Waals surface area contributed by atoms with E-state index in [2.05, 4.69) is 23.7 Å². The molecule has 0 bridgehead atoms. The summed E-state index contributed by atoms with van der Waals surface area (Å²) in [7, 11) is 0. The number of rotatable bonds is 3. The average molecular weight is 245 g/mol. The van der Waals surface area contributed by atoms with Gasteiger partial charge >= 0.3 is 0 Å². The SMILES string of the molecule is CCC1CCC(C)N1c1ncc(CCl)s1. The summed E-state index contributed by atoms with van der Waals surface area (Å²) in [6.45, 7) is 4.54. The lowest BCUT2D eigenvalue weighted by Crippen LogP contribution is -2.33. The highest BCUT2D eigenvalue weighted by atomic mass is 35.5. The molecule has 1 aliphatic rings. The highest BCUT2D eigenvalue weighted by Gasteiger charge is 2.31. The molecule has 0 saturated carbocycles. The second-order valence-electron chi connectivity index (χ2n) is 4.14. The van der Waals surface area contributed by atoms with E-state index in [1.165, 1.54) is 24.1 Å². The highest BCUT2D eigenvalue weighted by molar-refractivity contribution is 7.15. The van der Waals surface area contributed by atoms with Crippen LogP contribution in [0.5, 0.6) is 0 Å². The van der Waals surface area contributed by atoms with Gasteiger partial charge in [0.25, 0.3) is 0 Å². The monoisotopic (exact) mass is 244 g/mol. The predicted molar refractivity (Wildman–Crippen MR) is 66.9 cm³/mol. The molecule has 0 aromatic carbocycles. The molecule has 84 valence electrons. The number of thiazole rings is 1. The maximum atomic E-state index is 5.81. The van der Waals surface area contributed by atoms with Crippen molar-refractivity contribution in [1.82, 2.24) is 4.98 Å². The van der Waals surface area contributed by atoms with Crippen molar-refractivity contribution in [3.05, 3.63) is 11.1 Å². The Labute approximate surface area is 100 Å². The molecule has 2 rings (SSSR count). The van der Waals surface area contributed by atoms with Gasteiger partial charge in [-0.1, -0.05) is 6.92 Å². The fraction of sp³-hybridized carbons (Fsp3) is 0.727. The molecular formula is C11H17ClN2S. The van der Waals surface area contributed by atoms with Crippen molar-refractivity contribution in [3.63, 3.8) is 0 Å². The first-order valence-corrected chi connectivity index (χ1v) is 6.90. The van der Waals surface area contributed by atoms with Crippen LogP contribution in [0.4, 0.5) is 5.13 Å². The summed E-state index contributed by atoms with van der Waals surface area (Å²) in [5.41, 5.74) is 0. The van der Waals surface area contributed by atoms with Crippen molar-refractivity contribution in [2.24, 2.45) is 0 Å². The van der Waals surface area contributed by atoms with Crippen LogP contribution in [-0.4, -0.2) is 17.1 Å². The first-order chi connectivity index (χ1) is 7.26. The molecule has 0 N–H and O–H groups in total. The molecule has 0 aliphatic carbocycles. The van der Waals surface area contributed by atoms with Crippen LogP contribution >= 0.6 is 22.9 Å². The zero-order valence-corrected chi connectivity index (χ0v) is 10.8. The number of anilines is 1. The van der Waals surface area contributed by atoms with Gasteiger partial charge in [-0.25, -0.2) is 4.98 Å². The Morgan fingerprint density at radius 2 is 2.40 bits per heavy atom. The zero-order chi connectivity index (χ0) is 10.8. The van der Waals surface area contributed by atoms with Crippen LogP contribution in [0.3, 0.4) is 0 Å². The van der Waals surface area contributed by atoms with Gasteiger partial charge in [0.2, 0.25) is 0 Å². The number of alkyl halides is 1. The van der Waals surface area contributed by atoms with Gasteiger partial charge in [-0.05, 0) is 26.2 Å². The molecule has 4 heteroatoms. The maximum Gasteiger partial charge on any atom is 0.186 e. The van der Waals surface area contributed by atoms with Gasteiger partial charge in [0.05, 0.1) is 5.88 Å². The minimum absolute atomic E-state index is 0.580. The van der Waals surface area contributed by atoms with Crippen LogP contribution in [0, 0.1) is 0 Å². The fourth-order valence-corrected chi connectivity index (χ4v) is 3.46. The minimum Gasteiger partial charge on any atom is -0.342 e. The van der Waals surface area contributed by atoms with E-state index < -0.39 is 0 Å². The average Bonchev–Trinajstić information content (AvgIpc) is 2.83. The topological polar surface area (TPSA) is 16.1 Å². The summed E-state index contributed by atoms with van der Waals surface area (Å²) in [4.78, 5) is 8.12. The van der Waals surface area contributed by atoms with Crippen LogP contribution in [0.25, 0.3) is 0 Å². The van der Waals surface area contributed by atoms with Gasteiger partial charge in [-0.15, -0.1) is 22.9 Å². The molecule has 0 spiro atoms. The number of nitrogens with zero attached hydrogens (tertiary/aromatic N) is 2. The summed E-state index contributed by atoms with van der Waals surface area (Å²) in [5.74, 6) is 0.580. The van der Waals surface area contributed by atoms with E-state index in [4.69, 9.17) is 11.6 Å². The molecule has 15 heavy (non-hydrogen) atoms. The van der Waals surface area contributed by atoms with Crippen LogP contribution < -0.4 is 4.90 Å². The van der Waals surface area contributed by atoms with Crippen LogP contribution in [0.15, 0.2) is 6.20 Å². The summed E-state index contributed by atoms with van der Waals surface area (Å²) < 4.78 is 0. The molecule has 1 saturated heterocycles. The molecule has 1 aliphatic heterocycles. The van der Waals surface area contributed by atoms with Crippen molar-refractivity contribution in [2.75, 3.05) is 4.90 Å². The summed E-state index contributed by atoms with van der Waals surface area (Å²) >= 11 is 7.54. The van der Waals surface area contributed by atoms with E-state index in [-0.39, 0.29) is 0 Å². The lowest BCUT2D eigenvalue weighted by atomic mass is 10.2. The van der Waals surface area contributed by atoms with E-state index in [9.17, 15) is 0 Å². The molecule has 2 heterocycles. The van der Waals surface area contributed by atoms with Gasteiger partial charge in [0, 0.05) is 23.2 Å². The molecule has 2 nitrogen and oxygen atoms in total. The Balaban J connectivity index is 2.20. The standard InChI is InChI=1S/C11H17ClN2S/c1-3-9-5-4-8(2)14(9)11-13-7-10(6-12)15-11/h7-9H,3-6H2,1-2H3. The lowest BCUT2D eigenvalue weighted by molar-refractivity contribution is 0.626. The first-order valence-electron chi connectivity index (χ1n) is 5.55. The fourth-order valence-electron chi connectivity index (χ4n) is 2.30. The quantitative estimate of drug-likeness (QED) is 0.755. The van der Waals surface area contributed by atoms with Crippen molar-refractivity contribution in [3.8, 4) is 0 Å². The molecule has 1 aromatic rings. The van der Waals surface area contributed by atoms with Gasteiger partial charge in [-0.2, -0.15) is 0 Å². The summed E-state index contributed by atoms with van der Waals surface area (Å²) in [5, 5.41) is 1.16. The van der Waals surface area contributed by atoms with E-state index >= 15 is 0 Å². The Morgan fingerprint density at radius 1 is 1.60 bits per heavy atom. The van der Waals surface area contributed by atoms with Crippen molar-refractivity contribution in [1.29, 1.82) is 0 Å². The molecule has 2 atom stereocenters. The summed E-state index contributed by atoms with van der Waals surface area (Å²) in [6, 6.07) is 1.30. The van der Waals surface area contributed by atoms with Crippen LogP contribution in [-0.2, 0) is 5.88 Å². The normalized spacial score (nSPS) is 26.2. The molecular weight excluding hydrogens is 228 g/mol. The predicted octanol–water partition coefficient (Wildman–Crippen LogP) is 3.65. The van der Waals surface area contributed by atoms with Crippen molar-refractivity contribution < 1.29 is 0 Å². The Morgan fingerprint density at radius 3 is 3.00 bits per heavy atom.